The molecule has 2 aliphatic heterocycles. The molecular weight excluding hydrogens is 394 g/mol. The van der Waals surface area contributed by atoms with E-state index in [0.717, 1.165) is 24.4 Å². The van der Waals surface area contributed by atoms with Gasteiger partial charge in [0, 0.05) is 26.0 Å². The first kappa shape index (κ1) is 19.6. The Morgan fingerprint density at radius 3 is 2.72 bits per heavy atom. The molecule has 4 rings (SSSR count). The van der Waals surface area contributed by atoms with Gasteiger partial charge in [-0.05, 0) is 18.6 Å². The second-order valence-corrected chi connectivity index (χ2v) is 7.23. The summed E-state index contributed by atoms with van der Waals surface area (Å²) in [4.78, 5) is 20.0. The third kappa shape index (κ3) is 4.19. The molecule has 29 heavy (non-hydrogen) atoms. The van der Waals surface area contributed by atoms with E-state index in [-0.39, 0.29) is 31.6 Å². The van der Waals surface area contributed by atoms with Crippen molar-refractivity contribution in [2.45, 2.75) is 31.2 Å². The average molecular weight is 415 g/mol. The van der Waals surface area contributed by atoms with Crippen molar-refractivity contribution in [3.8, 4) is 0 Å². The molecule has 2 fully saturated rings. The number of halogens is 4. The molecule has 2 aromatic rings. The maximum Gasteiger partial charge on any atom is 0.416 e. The number of hydrogen-bond acceptors (Lipinski definition) is 4. The average Bonchev–Trinajstić information content (AvgIpc) is 3.31. The number of aromatic nitrogens is 3. The number of urea groups is 1. The van der Waals surface area contributed by atoms with Gasteiger partial charge < -0.3 is 14.5 Å². The van der Waals surface area contributed by atoms with Gasteiger partial charge in [0.05, 0.1) is 31.4 Å². The smallest absolute Gasteiger partial charge is 0.370 e. The summed E-state index contributed by atoms with van der Waals surface area (Å²) in [5, 5.41) is 6.65. The number of amides is 2. The predicted molar refractivity (Wildman–Crippen MR) is 94.4 cm³/mol. The summed E-state index contributed by atoms with van der Waals surface area (Å²) in [6.45, 7) is 1.78. The van der Waals surface area contributed by atoms with Gasteiger partial charge in [-0.2, -0.15) is 18.3 Å². The van der Waals surface area contributed by atoms with E-state index in [9.17, 15) is 22.4 Å². The molecule has 7 nitrogen and oxygen atoms in total. The summed E-state index contributed by atoms with van der Waals surface area (Å²) in [5.74, 6) is -0.0521. The number of carbonyl (C=O) groups is 1. The number of ether oxygens (including phenoxy) is 1. The molecule has 2 saturated heterocycles. The summed E-state index contributed by atoms with van der Waals surface area (Å²) in [7, 11) is 0. The Hall–Kier alpha value is -2.69. The Kier molecular flexibility index (Phi) is 5.15. The molecule has 0 aliphatic carbocycles. The number of likely N-dealkylation sites (tertiary alicyclic amines) is 2. The summed E-state index contributed by atoms with van der Waals surface area (Å²) in [5.41, 5.74) is -0.981. The fraction of sp³-hybridized carbons (Fsp3) is 0.500. The summed E-state index contributed by atoms with van der Waals surface area (Å²) in [6.07, 6.45) is -2.61. The van der Waals surface area contributed by atoms with Gasteiger partial charge in [0.25, 0.3) is 0 Å². The highest BCUT2D eigenvalue weighted by Crippen LogP contribution is 2.31. The minimum atomic E-state index is -4.59. The molecule has 3 heterocycles. The van der Waals surface area contributed by atoms with Crippen LogP contribution in [0.2, 0.25) is 0 Å². The van der Waals surface area contributed by atoms with Crippen LogP contribution in [-0.4, -0.2) is 63.3 Å². The van der Waals surface area contributed by atoms with Crippen molar-refractivity contribution in [2.24, 2.45) is 0 Å². The summed E-state index contributed by atoms with van der Waals surface area (Å²) >= 11 is 0. The zero-order valence-corrected chi connectivity index (χ0v) is 15.3. The third-order valence-electron chi connectivity index (χ3n) is 5.25. The van der Waals surface area contributed by atoms with E-state index in [1.165, 1.54) is 6.33 Å². The van der Waals surface area contributed by atoms with Crippen LogP contribution in [0, 0.1) is 5.82 Å². The monoisotopic (exact) mass is 415 g/mol. The fourth-order valence-corrected chi connectivity index (χ4v) is 3.52. The standard InChI is InChI=1S/C18H19F4N5O2.H2/c19-15-5-13(18(20,21)22)2-1-12(15)9-29-14-7-27(8-14)17(28)26-4-3-11(6-26)16-23-10-24-25-16;/h1-2,5,10-11,14H,3-4,6-9H2,(H,23,24,25);1H. The Labute approximate surface area is 165 Å². The Morgan fingerprint density at radius 1 is 1.28 bits per heavy atom. The van der Waals surface area contributed by atoms with E-state index in [1.807, 2.05) is 0 Å². The second-order valence-electron chi connectivity index (χ2n) is 7.23. The van der Waals surface area contributed by atoms with Gasteiger partial charge in [-0.15, -0.1) is 0 Å². The molecule has 1 N–H and O–H groups in total. The third-order valence-corrected chi connectivity index (χ3v) is 5.25. The highest BCUT2D eigenvalue weighted by Gasteiger charge is 2.37. The number of nitrogens with zero attached hydrogens (tertiary/aromatic N) is 4. The molecule has 2 amide bonds. The molecule has 11 heteroatoms. The molecule has 0 saturated carbocycles. The van der Waals surface area contributed by atoms with Crippen LogP contribution in [0.15, 0.2) is 24.5 Å². The van der Waals surface area contributed by atoms with E-state index < -0.39 is 17.6 Å². The minimum Gasteiger partial charge on any atom is -0.370 e. The first-order valence-corrected chi connectivity index (χ1v) is 9.17. The Balaban J connectivity index is 0.00000256. The number of H-pyrrole nitrogens is 1. The van der Waals surface area contributed by atoms with Crippen LogP contribution in [0.5, 0.6) is 0 Å². The number of nitrogens with one attached hydrogen (secondary N) is 1. The number of aromatic amines is 1. The molecule has 1 aromatic carbocycles. The van der Waals surface area contributed by atoms with Crippen LogP contribution in [-0.2, 0) is 17.5 Å². The molecule has 2 aliphatic rings. The lowest BCUT2D eigenvalue weighted by Crippen LogP contribution is -2.58. The van der Waals surface area contributed by atoms with E-state index in [0.29, 0.717) is 32.2 Å². The van der Waals surface area contributed by atoms with Crippen LogP contribution in [0.1, 0.15) is 30.7 Å². The van der Waals surface area contributed by atoms with E-state index in [4.69, 9.17) is 4.74 Å². The van der Waals surface area contributed by atoms with Crippen LogP contribution < -0.4 is 0 Å². The van der Waals surface area contributed by atoms with Crippen molar-refractivity contribution in [3.63, 3.8) is 0 Å². The number of alkyl halides is 3. The Morgan fingerprint density at radius 2 is 2.07 bits per heavy atom. The highest BCUT2D eigenvalue weighted by atomic mass is 19.4. The topological polar surface area (TPSA) is 74.3 Å². The zero-order chi connectivity index (χ0) is 20.6. The molecule has 1 unspecified atom stereocenters. The highest BCUT2D eigenvalue weighted by molar-refractivity contribution is 5.75. The van der Waals surface area contributed by atoms with Gasteiger partial charge in [-0.25, -0.2) is 14.2 Å². The fourth-order valence-electron chi connectivity index (χ4n) is 3.52. The SMILES string of the molecule is O=C(N1CC(OCc2ccc(C(F)(F)F)cc2F)C1)N1CCC(c2ncn[nH]2)C1.[HH]. The first-order valence-electron chi connectivity index (χ1n) is 9.17. The molecule has 0 spiro atoms. The number of benzene rings is 1. The minimum absolute atomic E-state index is 0. The van der Waals surface area contributed by atoms with Gasteiger partial charge >= 0.3 is 12.2 Å². The molecular formula is C18H21F4N5O2. The quantitative estimate of drug-likeness (QED) is 0.779. The summed E-state index contributed by atoms with van der Waals surface area (Å²) < 4.78 is 57.1. The van der Waals surface area contributed by atoms with Crippen molar-refractivity contribution in [3.05, 3.63) is 47.3 Å². The number of rotatable bonds is 4. The van der Waals surface area contributed by atoms with Crippen LogP contribution >= 0.6 is 0 Å². The predicted octanol–water partition coefficient (Wildman–Crippen LogP) is 3.02. The molecule has 0 radical (unpaired) electrons. The lowest BCUT2D eigenvalue weighted by molar-refractivity contribution is -0.137. The number of carbonyl (C=O) groups excluding carboxylic acids is 1. The first-order chi connectivity index (χ1) is 13.8. The normalized spacial score (nSPS) is 20.2. The maximum absolute atomic E-state index is 13.9. The van der Waals surface area contributed by atoms with Crippen molar-refractivity contribution in [1.82, 2.24) is 25.0 Å². The van der Waals surface area contributed by atoms with Gasteiger partial charge in [0.1, 0.15) is 18.0 Å². The van der Waals surface area contributed by atoms with Crippen molar-refractivity contribution in [1.29, 1.82) is 0 Å². The van der Waals surface area contributed by atoms with Crippen LogP contribution in [0.25, 0.3) is 0 Å². The summed E-state index contributed by atoms with van der Waals surface area (Å²) in [6, 6.07) is 2.28. The second kappa shape index (κ2) is 7.62. The van der Waals surface area contributed by atoms with Crippen LogP contribution in [0.4, 0.5) is 22.4 Å². The van der Waals surface area contributed by atoms with Gasteiger partial charge in [0.2, 0.25) is 0 Å². The molecule has 1 atom stereocenters. The lowest BCUT2D eigenvalue weighted by atomic mass is 10.1. The number of hydrogen-bond donors (Lipinski definition) is 1. The van der Waals surface area contributed by atoms with Gasteiger partial charge in [-0.3, -0.25) is 5.10 Å². The lowest BCUT2D eigenvalue weighted by Gasteiger charge is -2.40. The van der Waals surface area contributed by atoms with Gasteiger partial charge in [0.15, 0.2) is 0 Å². The molecule has 158 valence electrons. The molecule has 1 aromatic heterocycles. The van der Waals surface area contributed by atoms with Crippen molar-refractivity contribution >= 4 is 6.03 Å². The van der Waals surface area contributed by atoms with Crippen LogP contribution in [0.3, 0.4) is 0 Å². The van der Waals surface area contributed by atoms with E-state index in [1.54, 1.807) is 9.80 Å². The van der Waals surface area contributed by atoms with Gasteiger partial charge in [-0.1, -0.05) is 6.07 Å². The Bertz CT molecular complexity index is 874. The van der Waals surface area contributed by atoms with E-state index in [2.05, 4.69) is 15.2 Å². The van der Waals surface area contributed by atoms with Crippen molar-refractivity contribution in [2.75, 3.05) is 26.2 Å². The zero-order valence-electron chi connectivity index (χ0n) is 15.3. The van der Waals surface area contributed by atoms with Crippen molar-refractivity contribution < 1.29 is 28.5 Å². The maximum atomic E-state index is 13.9. The largest absolute Gasteiger partial charge is 0.416 e. The molecule has 0 bridgehead atoms. The van der Waals surface area contributed by atoms with E-state index >= 15 is 0 Å².